The number of hydrogen-bond donors (Lipinski definition) is 2. The topological polar surface area (TPSA) is 49.8 Å². The fraction of sp³-hybridized carbons (Fsp3) is 0.375. The van der Waals surface area contributed by atoms with E-state index < -0.39 is 0 Å². The van der Waals surface area contributed by atoms with E-state index in [4.69, 9.17) is 0 Å². The minimum absolute atomic E-state index is 0.515. The smallest absolute Gasteiger partial charge is 0.224 e. The summed E-state index contributed by atoms with van der Waals surface area (Å²) in [5, 5.41) is 6.49. The Labute approximate surface area is 120 Å². The Morgan fingerprint density at radius 2 is 1.95 bits per heavy atom. The van der Waals surface area contributed by atoms with Gasteiger partial charge in [-0.05, 0) is 37.5 Å². The van der Waals surface area contributed by atoms with E-state index in [-0.39, 0.29) is 0 Å². The second-order valence-electron chi connectivity index (χ2n) is 5.15. The van der Waals surface area contributed by atoms with Gasteiger partial charge in [-0.25, -0.2) is 4.98 Å². The zero-order valence-corrected chi connectivity index (χ0v) is 12.6. The molecule has 0 fully saturated rings. The lowest BCUT2D eigenvalue weighted by molar-refractivity contribution is 0.867. The van der Waals surface area contributed by atoms with Crippen molar-refractivity contribution in [3.63, 3.8) is 0 Å². The number of anilines is 3. The fourth-order valence-electron chi connectivity index (χ4n) is 1.99. The molecular formula is C16H22N4. The second kappa shape index (κ2) is 6.37. The fourth-order valence-corrected chi connectivity index (χ4v) is 1.99. The van der Waals surface area contributed by atoms with Crippen LogP contribution in [0.2, 0.25) is 0 Å². The molecule has 0 unspecified atom stereocenters. The molecule has 106 valence electrons. The van der Waals surface area contributed by atoms with Crippen molar-refractivity contribution in [3.8, 4) is 0 Å². The summed E-state index contributed by atoms with van der Waals surface area (Å²) < 4.78 is 0. The van der Waals surface area contributed by atoms with E-state index in [2.05, 4.69) is 58.7 Å². The lowest BCUT2D eigenvalue weighted by Gasteiger charge is -2.11. The van der Waals surface area contributed by atoms with Gasteiger partial charge in [-0.1, -0.05) is 26.0 Å². The van der Waals surface area contributed by atoms with Gasteiger partial charge in [-0.3, -0.25) is 0 Å². The summed E-state index contributed by atoms with van der Waals surface area (Å²) in [5.41, 5.74) is 3.31. The number of aryl methyl sites for hydroxylation is 1. The Balaban J connectivity index is 2.23. The first kappa shape index (κ1) is 14.3. The highest BCUT2D eigenvalue weighted by Gasteiger charge is 2.04. The minimum atomic E-state index is 0.515. The highest BCUT2D eigenvalue weighted by Crippen LogP contribution is 2.21. The third-order valence-corrected chi connectivity index (χ3v) is 3.01. The van der Waals surface area contributed by atoms with Gasteiger partial charge in [-0.2, -0.15) is 4.98 Å². The highest BCUT2D eigenvalue weighted by molar-refractivity contribution is 5.58. The molecule has 0 aliphatic rings. The van der Waals surface area contributed by atoms with E-state index in [1.54, 1.807) is 0 Å². The normalized spacial score (nSPS) is 10.7. The third kappa shape index (κ3) is 3.70. The van der Waals surface area contributed by atoms with Crippen LogP contribution >= 0.6 is 0 Å². The van der Waals surface area contributed by atoms with E-state index in [1.165, 1.54) is 5.56 Å². The van der Waals surface area contributed by atoms with Gasteiger partial charge >= 0.3 is 0 Å². The molecule has 2 rings (SSSR count). The van der Waals surface area contributed by atoms with Gasteiger partial charge in [-0.15, -0.1) is 0 Å². The predicted octanol–water partition coefficient (Wildman–Crippen LogP) is 4.08. The van der Waals surface area contributed by atoms with Crippen LogP contribution in [0.25, 0.3) is 0 Å². The number of hydrogen-bond acceptors (Lipinski definition) is 4. The molecule has 0 aliphatic heterocycles. The second-order valence-corrected chi connectivity index (χ2v) is 5.15. The van der Waals surface area contributed by atoms with E-state index in [9.17, 15) is 0 Å². The number of benzene rings is 1. The van der Waals surface area contributed by atoms with E-state index >= 15 is 0 Å². The standard InChI is InChI=1S/C16H22N4/c1-5-17-16-18-12(4)9-15(20-16)19-14-8-6-7-13(10-14)11(2)3/h6-11H,5H2,1-4H3,(H2,17,18,19,20). The zero-order valence-electron chi connectivity index (χ0n) is 12.6. The molecule has 0 aliphatic carbocycles. The van der Waals surface area contributed by atoms with Crippen molar-refractivity contribution in [2.45, 2.75) is 33.6 Å². The van der Waals surface area contributed by atoms with Crippen LogP contribution in [0.4, 0.5) is 17.5 Å². The van der Waals surface area contributed by atoms with Crippen LogP contribution < -0.4 is 10.6 Å². The summed E-state index contributed by atoms with van der Waals surface area (Å²) in [6.07, 6.45) is 0. The molecule has 0 spiro atoms. The van der Waals surface area contributed by atoms with Crippen molar-refractivity contribution in [3.05, 3.63) is 41.6 Å². The molecule has 0 atom stereocenters. The van der Waals surface area contributed by atoms with Gasteiger partial charge in [0.25, 0.3) is 0 Å². The van der Waals surface area contributed by atoms with Crippen LogP contribution in [0, 0.1) is 6.92 Å². The summed E-state index contributed by atoms with van der Waals surface area (Å²) in [5.74, 6) is 1.99. The molecule has 4 heteroatoms. The zero-order chi connectivity index (χ0) is 14.5. The van der Waals surface area contributed by atoms with Gasteiger partial charge in [0.2, 0.25) is 5.95 Å². The maximum Gasteiger partial charge on any atom is 0.224 e. The maximum atomic E-state index is 4.46. The predicted molar refractivity (Wildman–Crippen MR) is 84.7 cm³/mol. The van der Waals surface area contributed by atoms with Gasteiger partial charge in [0.1, 0.15) is 5.82 Å². The van der Waals surface area contributed by atoms with Gasteiger partial charge in [0.15, 0.2) is 0 Å². The Morgan fingerprint density at radius 3 is 2.65 bits per heavy atom. The number of nitrogens with one attached hydrogen (secondary N) is 2. The molecule has 20 heavy (non-hydrogen) atoms. The lowest BCUT2D eigenvalue weighted by Crippen LogP contribution is -2.05. The molecule has 0 amide bonds. The van der Waals surface area contributed by atoms with Crippen LogP contribution in [0.5, 0.6) is 0 Å². The van der Waals surface area contributed by atoms with Crippen molar-refractivity contribution >= 4 is 17.5 Å². The van der Waals surface area contributed by atoms with Crippen LogP contribution in [0.15, 0.2) is 30.3 Å². The third-order valence-electron chi connectivity index (χ3n) is 3.01. The molecule has 0 saturated carbocycles. The Bertz CT molecular complexity index is 578. The van der Waals surface area contributed by atoms with Crippen LogP contribution in [0.3, 0.4) is 0 Å². The molecular weight excluding hydrogens is 248 g/mol. The van der Waals surface area contributed by atoms with Crippen molar-refractivity contribution < 1.29 is 0 Å². The number of rotatable bonds is 5. The first-order valence-corrected chi connectivity index (χ1v) is 7.05. The quantitative estimate of drug-likeness (QED) is 0.859. The van der Waals surface area contributed by atoms with Gasteiger partial charge < -0.3 is 10.6 Å². The molecule has 2 N–H and O–H groups in total. The summed E-state index contributed by atoms with van der Waals surface area (Å²) in [6.45, 7) is 9.20. The molecule has 0 radical (unpaired) electrons. The molecule has 4 nitrogen and oxygen atoms in total. The summed E-state index contributed by atoms with van der Waals surface area (Å²) in [6, 6.07) is 10.4. The first-order chi connectivity index (χ1) is 9.58. The molecule has 1 heterocycles. The van der Waals surface area contributed by atoms with E-state index in [1.807, 2.05) is 19.9 Å². The summed E-state index contributed by atoms with van der Waals surface area (Å²) in [7, 11) is 0. The van der Waals surface area contributed by atoms with E-state index in [0.29, 0.717) is 11.9 Å². The largest absolute Gasteiger partial charge is 0.354 e. The average Bonchev–Trinajstić information content (AvgIpc) is 2.38. The van der Waals surface area contributed by atoms with Gasteiger partial charge in [0.05, 0.1) is 0 Å². The van der Waals surface area contributed by atoms with Crippen molar-refractivity contribution in [2.24, 2.45) is 0 Å². The Morgan fingerprint density at radius 1 is 1.15 bits per heavy atom. The SMILES string of the molecule is CCNc1nc(C)cc(Nc2cccc(C(C)C)c2)n1. The monoisotopic (exact) mass is 270 g/mol. The summed E-state index contributed by atoms with van der Waals surface area (Å²) in [4.78, 5) is 8.81. The van der Waals surface area contributed by atoms with Crippen LogP contribution in [0.1, 0.15) is 37.9 Å². The average molecular weight is 270 g/mol. The van der Waals surface area contributed by atoms with Crippen molar-refractivity contribution in [1.82, 2.24) is 9.97 Å². The summed E-state index contributed by atoms with van der Waals surface area (Å²) >= 11 is 0. The highest BCUT2D eigenvalue weighted by atomic mass is 15.1. The van der Waals surface area contributed by atoms with Crippen LogP contribution in [-0.4, -0.2) is 16.5 Å². The minimum Gasteiger partial charge on any atom is -0.354 e. The van der Waals surface area contributed by atoms with E-state index in [0.717, 1.165) is 23.7 Å². The first-order valence-electron chi connectivity index (χ1n) is 7.05. The number of nitrogens with zero attached hydrogens (tertiary/aromatic N) is 2. The number of aromatic nitrogens is 2. The molecule has 1 aromatic carbocycles. The Kier molecular flexibility index (Phi) is 4.56. The Hall–Kier alpha value is -2.10. The molecule has 0 bridgehead atoms. The van der Waals surface area contributed by atoms with Gasteiger partial charge in [0, 0.05) is 24.0 Å². The lowest BCUT2D eigenvalue weighted by atomic mass is 10.0. The van der Waals surface area contributed by atoms with Crippen LogP contribution in [-0.2, 0) is 0 Å². The molecule has 0 saturated heterocycles. The maximum absolute atomic E-state index is 4.46. The van der Waals surface area contributed by atoms with Crippen molar-refractivity contribution in [2.75, 3.05) is 17.2 Å². The molecule has 1 aromatic heterocycles. The molecule has 2 aromatic rings. The van der Waals surface area contributed by atoms with Crippen molar-refractivity contribution in [1.29, 1.82) is 0 Å².